The average molecular weight is 579 g/mol. The molecule has 2 saturated heterocycles. The van der Waals surface area contributed by atoms with Crippen molar-refractivity contribution < 1.29 is 9.47 Å². The number of morpholine rings is 1. The molecule has 40 heavy (non-hydrogen) atoms. The number of hydrogen-bond donors (Lipinski definition) is 2. The molecule has 8 nitrogen and oxygen atoms in total. The SMILES string of the molecule is S=C(NCC1(c2cccc(Cl)c2)CCOCC1)Nc1nc(N2CCOCC2)cc(N2CCc3ccccc3C2)n1. The van der Waals surface area contributed by atoms with E-state index in [1.165, 1.54) is 16.7 Å². The fraction of sp³-hybridized carbons (Fsp3) is 0.433. The van der Waals surface area contributed by atoms with Crippen LogP contribution in [-0.2, 0) is 27.9 Å². The molecule has 0 atom stereocenters. The molecule has 2 N–H and O–H groups in total. The summed E-state index contributed by atoms with van der Waals surface area (Å²) in [4.78, 5) is 14.4. The lowest BCUT2D eigenvalue weighted by atomic mass is 9.74. The van der Waals surface area contributed by atoms with Crippen molar-refractivity contribution in [2.45, 2.75) is 31.2 Å². The van der Waals surface area contributed by atoms with Gasteiger partial charge in [-0.25, -0.2) is 0 Å². The molecule has 0 bridgehead atoms. The van der Waals surface area contributed by atoms with Gasteiger partial charge in [-0.2, -0.15) is 9.97 Å². The first-order valence-electron chi connectivity index (χ1n) is 14.0. The van der Waals surface area contributed by atoms with Gasteiger partial charge in [0.15, 0.2) is 5.11 Å². The molecule has 0 unspecified atom stereocenters. The predicted octanol–water partition coefficient (Wildman–Crippen LogP) is 4.56. The molecule has 4 heterocycles. The molecule has 3 aliphatic heterocycles. The number of halogens is 1. The van der Waals surface area contributed by atoms with E-state index >= 15 is 0 Å². The Morgan fingerprint density at radius 1 is 0.875 bits per heavy atom. The fourth-order valence-corrected chi connectivity index (χ4v) is 6.18. The second kappa shape index (κ2) is 12.3. The van der Waals surface area contributed by atoms with Gasteiger partial charge in [0.25, 0.3) is 0 Å². The predicted molar refractivity (Wildman–Crippen MR) is 164 cm³/mol. The Morgan fingerprint density at radius 3 is 2.38 bits per heavy atom. The minimum atomic E-state index is -0.113. The Morgan fingerprint density at radius 2 is 1.60 bits per heavy atom. The van der Waals surface area contributed by atoms with Crippen molar-refractivity contribution in [3.8, 4) is 0 Å². The number of rotatable bonds is 6. The lowest BCUT2D eigenvalue weighted by molar-refractivity contribution is 0.0515. The summed E-state index contributed by atoms with van der Waals surface area (Å²) < 4.78 is 11.3. The number of ether oxygens (including phenoxy) is 2. The highest BCUT2D eigenvalue weighted by Crippen LogP contribution is 2.35. The monoisotopic (exact) mass is 578 g/mol. The van der Waals surface area contributed by atoms with Crippen LogP contribution in [0.1, 0.15) is 29.5 Å². The maximum atomic E-state index is 6.36. The molecular formula is C30H35ClN6O2S. The third-order valence-electron chi connectivity index (χ3n) is 8.19. The van der Waals surface area contributed by atoms with Gasteiger partial charge in [-0.1, -0.05) is 48.0 Å². The maximum absolute atomic E-state index is 6.36. The van der Waals surface area contributed by atoms with Crippen LogP contribution in [0.5, 0.6) is 0 Å². The number of hydrogen-bond acceptors (Lipinski definition) is 7. The van der Waals surface area contributed by atoms with E-state index < -0.39 is 0 Å². The second-order valence-electron chi connectivity index (χ2n) is 10.7. The number of anilines is 3. The molecule has 210 valence electrons. The minimum absolute atomic E-state index is 0.113. The minimum Gasteiger partial charge on any atom is -0.381 e. The zero-order valence-corrected chi connectivity index (χ0v) is 24.1. The van der Waals surface area contributed by atoms with Gasteiger partial charge < -0.3 is 29.9 Å². The van der Waals surface area contributed by atoms with E-state index in [9.17, 15) is 0 Å². The molecule has 0 amide bonds. The van der Waals surface area contributed by atoms with E-state index in [0.29, 0.717) is 44.0 Å². The van der Waals surface area contributed by atoms with Crippen molar-refractivity contribution in [2.75, 3.05) is 67.7 Å². The molecule has 0 spiro atoms. The van der Waals surface area contributed by atoms with Crippen molar-refractivity contribution in [3.63, 3.8) is 0 Å². The molecule has 2 fully saturated rings. The molecular weight excluding hydrogens is 544 g/mol. The van der Waals surface area contributed by atoms with Crippen LogP contribution in [0.25, 0.3) is 0 Å². The maximum Gasteiger partial charge on any atom is 0.232 e. The van der Waals surface area contributed by atoms with E-state index in [1.807, 2.05) is 12.1 Å². The highest BCUT2D eigenvalue weighted by molar-refractivity contribution is 7.80. The molecule has 0 aliphatic carbocycles. The largest absolute Gasteiger partial charge is 0.381 e. The van der Waals surface area contributed by atoms with E-state index in [1.54, 1.807) is 0 Å². The zero-order chi connectivity index (χ0) is 27.4. The van der Waals surface area contributed by atoms with Crippen LogP contribution >= 0.6 is 23.8 Å². The zero-order valence-electron chi connectivity index (χ0n) is 22.6. The molecule has 0 radical (unpaired) electrons. The van der Waals surface area contributed by atoms with Crippen LogP contribution in [0.15, 0.2) is 54.6 Å². The number of nitrogens with one attached hydrogen (secondary N) is 2. The fourth-order valence-electron chi connectivity index (χ4n) is 5.83. The molecule has 3 aromatic rings. The van der Waals surface area contributed by atoms with Gasteiger partial charge in [0, 0.05) is 62.4 Å². The highest BCUT2D eigenvalue weighted by Gasteiger charge is 2.35. The molecule has 10 heteroatoms. The lowest BCUT2D eigenvalue weighted by Crippen LogP contribution is -2.45. The van der Waals surface area contributed by atoms with Gasteiger partial charge in [-0.3, -0.25) is 0 Å². The number of thiocarbonyl (C=S) groups is 1. The summed E-state index contributed by atoms with van der Waals surface area (Å²) in [5, 5.41) is 8.00. The van der Waals surface area contributed by atoms with Gasteiger partial charge in [0.2, 0.25) is 5.95 Å². The van der Waals surface area contributed by atoms with Crippen molar-refractivity contribution in [1.29, 1.82) is 0 Å². The molecule has 2 aromatic carbocycles. The molecule has 3 aliphatic rings. The van der Waals surface area contributed by atoms with Gasteiger partial charge in [0.1, 0.15) is 11.6 Å². The molecule has 6 rings (SSSR count). The Bertz CT molecular complexity index is 1350. The first-order chi connectivity index (χ1) is 19.6. The number of benzene rings is 2. The van der Waals surface area contributed by atoms with E-state index in [2.05, 4.69) is 62.9 Å². The standard InChI is InChI=1S/C30H35ClN6O2S/c31-25-7-3-6-24(18-25)30(9-14-38-15-10-30)21-32-29(40)35-28-33-26(36-12-16-39-17-13-36)19-27(34-28)37-11-8-22-4-1-2-5-23(22)20-37/h1-7,18-19H,8-17,20-21H2,(H2,32,33,34,35,40). The Labute approximate surface area is 246 Å². The van der Waals surface area contributed by atoms with Crippen LogP contribution in [0.3, 0.4) is 0 Å². The van der Waals surface area contributed by atoms with E-state index in [-0.39, 0.29) is 5.41 Å². The topological polar surface area (TPSA) is 74.8 Å². The number of fused-ring (bicyclic) bond motifs is 1. The smallest absolute Gasteiger partial charge is 0.232 e. The summed E-state index contributed by atoms with van der Waals surface area (Å²) in [5.74, 6) is 2.28. The van der Waals surface area contributed by atoms with Crippen LogP contribution in [0.2, 0.25) is 5.02 Å². The normalized spacial score (nSPS) is 18.6. The summed E-state index contributed by atoms with van der Waals surface area (Å²) in [6.45, 7) is 6.79. The highest BCUT2D eigenvalue weighted by atomic mass is 35.5. The number of nitrogens with zero attached hydrogens (tertiary/aromatic N) is 4. The molecule has 1 aromatic heterocycles. The van der Waals surface area contributed by atoms with Crippen LogP contribution in [-0.4, -0.2) is 67.7 Å². The van der Waals surface area contributed by atoms with Crippen molar-refractivity contribution in [3.05, 3.63) is 76.3 Å². The summed E-state index contributed by atoms with van der Waals surface area (Å²) >= 11 is 12.1. The van der Waals surface area contributed by atoms with Crippen molar-refractivity contribution in [2.24, 2.45) is 0 Å². The first-order valence-corrected chi connectivity index (χ1v) is 14.8. The van der Waals surface area contributed by atoms with Crippen LogP contribution in [0, 0.1) is 0 Å². The van der Waals surface area contributed by atoms with Crippen molar-refractivity contribution >= 4 is 46.5 Å². The van der Waals surface area contributed by atoms with E-state index in [4.69, 9.17) is 43.3 Å². The first kappa shape index (κ1) is 27.2. The summed E-state index contributed by atoms with van der Waals surface area (Å²) in [5.41, 5.74) is 3.84. The van der Waals surface area contributed by atoms with E-state index in [0.717, 1.165) is 62.1 Å². The van der Waals surface area contributed by atoms with Crippen LogP contribution < -0.4 is 20.4 Å². The Kier molecular flexibility index (Phi) is 8.34. The second-order valence-corrected chi connectivity index (χ2v) is 11.5. The Balaban J connectivity index is 1.21. The quantitative estimate of drug-likeness (QED) is 0.409. The number of aromatic nitrogens is 2. The van der Waals surface area contributed by atoms with Gasteiger partial charge in [-0.05, 0) is 60.3 Å². The van der Waals surface area contributed by atoms with Crippen molar-refractivity contribution in [1.82, 2.24) is 15.3 Å². The third-order valence-corrected chi connectivity index (χ3v) is 8.67. The average Bonchev–Trinajstić information content (AvgIpc) is 3.00. The third kappa shape index (κ3) is 6.17. The van der Waals surface area contributed by atoms with Gasteiger partial charge in [0.05, 0.1) is 13.2 Å². The van der Waals surface area contributed by atoms with Gasteiger partial charge in [-0.15, -0.1) is 0 Å². The summed E-state index contributed by atoms with van der Waals surface area (Å²) in [6.07, 6.45) is 2.78. The van der Waals surface area contributed by atoms with Crippen LogP contribution in [0.4, 0.5) is 17.6 Å². The summed E-state index contributed by atoms with van der Waals surface area (Å²) in [6, 6.07) is 18.9. The summed E-state index contributed by atoms with van der Waals surface area (Å²) in [7, 11) is 0. The van der Waals surface area contributed by atoms with Gasteiger partial charge >= 0.3 is 0 Å². The Hall–Kier alpha value is -2.98. The molecule has 0 saturated carbocycles. The lowest BCUT2D eigenvalue weighted by Gasteiger charge is -2.38.